The van der Waals surface area contributed by atoms with Crippen LogP contribution in [0.15, 0.2) is 0 Å². The Labute approximate surface area is 191 Å². The van der Waals surface area contributed by atoms with Crippen molar-refractivity contribution in [3.8, 4) is 0 Å². The summed E-state index contributed by atoms with van der Waals surface area (Å²) < 4.78 is 6.60. The maximum absolute atomic E-state index is 13.8. The smallest absolute Gasteiger partial charge is 0.246 e. The van der Waals surface area contributed by atoms with Gasteiger partial charge in [0.25, 0.3) is 0 Å². The number of rotatable bonds is 7. The van der Waals surface area contributed by atoms with E-state index in [9.17, 15) is 19.5 Å². The monoisotopic (exact) mass is 451 g/mol. The number of carbonyl (C=O) groups is 3. The lowest BCUT2D eigenvalue weighted by Crippen LogP contribution is -2.59. The molecule has 3 fully saturated rings. The predicted molar refractivity (Wildman–Crippen MR) is 121 cm³/mol. The minimum absolute atomic E-state index is 0.00822. The van der Waals surface area contributed by atoms with Gasteiger partial charge < -0.3 is 25.4 Å². The number of ether oxygens (including phenoxy) is 1. The van der Waals surface area contributed by atoms with Crippen LogP contribution in [0, 0.1) is 23.2 Å². The van der Waals surface area contributed by atoms with Crippen LogP contribution in [0.2, 0.25) is 0 Å². The molecule has 1 spiro atoms. The Morgan fingerprint density at radius 1 is 1.22 bits per heavy atom. The fraction of sp³-hybridized carbons (Fsp3) is 0.875. The molecule has 32 heavy (non-hydrogen) atoms. The molecule has 0 aromatic rings. The van der Waals surface area contributed by atoms with Crippen LogP contribution in [0.1, 0.15) is 67.7 Å². The lowest BCUT2D eigenvalue weighted by molar-refractivity contribution is -0.148. The average molecular weight is 452 g/mol. The van der Waals surface area contributed by atoms with Gasteiger partial charge in [-0.1, -0.05) is 27.7 Å². The first-order chi connectivity index (χ1) is 14.6. The SMILES string of the molecule is CNC(=O)[C@H]1[C@H]2C(=O)N(CCCO)C(C(=O)NC(C)(C)CC(C)(C)C)C23CC(C)[C@]1(C)O3. The zero-order valence-corrected chi connectivity index (χ0v) is 20.9. The molecular weight excluding hydrogens is 410 g/mol. The maximum atomic E-state index is 13.8. The molecule has 3 aliphatic heterocycles. The Morgan fingerprint density at radius 2 is 1.84 bits per heavy atom. The van der Waals surface area contributed by atoms with E-state index in [1.54, 1.807) is 11.9 Å². The molecule has 3 rings (SSSR count). The first kappa shape index (κ1) is 25.0. The number of hydrogen-bond donors (Lipinski definition) is 3. The molecule has 2 bridgehead atoms. The summed E-state index contributed by atoms with van der Waals surface area (Å²) in [4.78, 5) is 41.9. The summed E-state index contributed by atoms with van der Waals surface area (Å²) in [5.74, 6) is -2.04. The van der Waals surface area contributed by atoms with E-state index >= 15 is 0 Å². The molecule has 8 nitrogen and oxygen atoms in total. The fourth-order valence-electron chi connectivity index (χ4n) is 6.85. The van der Waals surface area contributed by atoms with Gasteiger partial charge in [0.2, 0.25) is 17.7 Å². The lowest BCUT2D eigenvalue weighted by atomic mass is 9.62. The topological polar surface area (TPSA) is 108 Å². The molecular formula is C24H41N3O5. The second-order valence-electron chi connectivity index (χ2n) is 12.0. The van der Waals surface area contributed by atoms with Crippen molar-refractivity contribution in [3.63, 3.8) is 0 Å². The number of nitrogens with zero attached hydrogens (tertiary/aromatic N) is 1. The molecule has 8 heteroatoms. The maximum Gasteiger partial charge on any atom is 0.246 e. The Balaban J connectivity index is 2.02. The third-order valence-electron chi connectivity index (χ3n) is 7.58. The molecule has 3 heterocycles. The summed E-state index contributed by atoms with van der Waals surface area (Å²) >= 11 is 0. The number of aliphatic hydroxyl groups excluding tert-OH is 1. The number of nitrogens with one attached hydrogen (secondary N) is 2. The molecule has 6 atom stereocenters. The molecule has 0 aromatic carbocycles. The van der Waals surface area contributed by atoms with Gasteiger partial charge >= 0.3 is 0 Å². The third-order valence-corrected chi connectivity index (χ3v) is 7.58. The Kier molecular flexibility index (Phi) is 6.22. The van der Waals surface area contributed by atoms with Crippen molar-refractivity contribution >= 4 is 17.7 Å². The zero-order valence-electron chi connectivity index (χ0n) is 20.9. The first-order valence-corrected chi connectivity index (χ1v) is 11.8. The van der Waals surface area contributed by atoms with Crippen LogP contribution in [0.3, 0.4) is 0 Å². The van der Waals surface area contributed by atoms with E-state index in [1.807, 2.05) is 27.7 Å². The predicted octanol–water partition coefficient (Wildman–Crippen LogP) is 1.46. The molecule has 0 saturated carbocycles. The highest BCUT2D eigenvalue weighted by Crippen LogP contribution is 2.65. The van der Waals surface area contributed by atoms with Crippen molar-refractivity contribution < 1.29 is 24.2 Å². The largest absolute Gasteiger partial charge is 0.396 e. The second kappa shape index (κ2) is 7.97. The molecule has 3 saturated heterocycles. The molecule has 0 radical (unpaired) electrons. The van der Waals surface area contributed by atoms with Crippen LogP contribution in [0.5, 0.6) is 0 Å². The van der Waals surface area contributed by atoms with E-state index in [-0.39, 0.29) is 42.2 Å². The van der Waals surface area contributed by atoms with Crippen LogP contribution < -0.4 is 10.6 Å². The zero-order chi connectivity index (χ0) is 24.3. The van der Waals surface area contributed by atoms with Crippen LogP contribution >= 0.6 is 0 Å². The van der Waals surface area contributed by atoms with Gasteiger partial charge in [0.1, 0.15) is 11.6 Å². The second-order valence-corrected chi connectivity index (χ2v) is 12.0. The van der Waals surface area contributed by atoms with Crippen molar-refractivity contribution in [2.24, 2.45) is 23.2 Å². The van der Waals surface area contributed by atoms with Crippen LogP contribution in [0.4, 0.5) is 0 Å². The van der Waals surface area contributed by atoms with Gasteiger partial charge in [-0.2, -0.15) is 0 Å². The van der Waals surface area contributed by atoms with E-state index in [0.717, 1.165) is 6.42 Å². The van der Waals surface area contributed by atoms with Gasteiger partial charge in [-0.25, -0.2) is 0 Å². The summed E-state index contributed by atoms with van der Waals surface area (Å²) in [7, 11) is 1.57. The number of carbonyl (C=O) groups excluding carboxylic acids is 3. The van der Waals surface area contributed by atoms with E-state index < -0.39 is 34.6 Å². The van der Waals surface area contributed by atoms with Gasteiger partial charge in [-0.15, -0.1) is 0 Å². The van der Waals surface area contributed by atoms with Gasteiger partial charge in [0.05, 0.1) is 17.4 Å². The fourth-order valence-corrected chi connectivity index (χ4v) is 6.85. The van der Waals surface area contributed by atoms with E-state index in [0.29, 0.717) is 12.8 Å². The van der Waals surface area contributed by atoms with Crippen LogP contribution in [-0.2, 0) is 19.1 Å². The summed E-state index contributed by atoms with van der Waals surface area (Å²) in [6, 6.07) is -0.829. The van der Waals surface area contributed by atoms with Gasteiger partial charge in [-0.3, -0.25) is 14.4 Å². The highest BCUT2D eigenvalue weighted by molar-refractivity contribution is 5.99. The Hall–Kier alpha value is -1.67. The number of aliphatic hydroxyl groups is 1. The molecule has 0 aromatic heterocycles. The first-order valence-electron chi connectivity index (χ1n) is 11.8. The highest BCUT2D eigenvalue weighted by Gasteiger charge is 2.79. The number of hydrogen-bond acceptors (Lipinski definition) is 5. The number of amides is 3. The molecule has 3 amide bonds. The van der Waals surface area contributed by atoms with Crippen molar-refractivity contribution in [2.45, 2.75) is 90.5 Å². The molecule has 182 valence electrons. The molecule has 0 aliphatic carbocycles. The molecule has 3 aliphatic rings. The summed E-state index contributed by atoms with van der Waals surface area (Å²) in [5.41, 5.74) is -2.32. The number of fused-ring (bicyclic) bond motifs is 1. The Bertz CT molecular complexity index is 791. The van der Waals surface area contributed by atoms with Crippen LogP contribution in [-0.4, -0.2) is 70.7 Å². The minimum Gasteiger partial charge on any atom is -0.396 e. The Morgan fingerprint density at radius 3 is 2.38 bits per heavy atom. The van der Waals surface area contributed by atoms with Crippen molar-refractivity contribution in [2.75, 3.05) is 20.2 Å². The standard InChI is InChI=1S/C24H41N3O5/c1-14-12-24-16(15(18(29)25-8)23(14,7)32-24)20(31)27(10-9-11-28)17(24)19(30)26-22(5,6)13-21(2,3)4/h14-17,28H,9-13H2,1-8H3,(H,25,29)(H,26,30)/t14?,15-,16+,17?,23+,24?/m1/s1. The van der Waals surface area contributed by atoms with Crippen molar-refractivity contribution in [1.82, 2.24) is 15.5 Å². The van der Waals surface area contributed by atoms with E-state index in [2.05, 4.69) is 31.4 Å². The minimum atomic E-state index is -1.04. The number of likely N-dealkylation sites (tertiary alicyclic amines) is 1. The van der Waals surface area contributed by atoms with Crippen LogP contribution in [0.25, 0.3) is 0 Å². The highest BCUT2D eigenvalue weighted by atomic mass is 16.5. The normalized spacial score (nSPS) is 36.4. The molecule has 3 N–H and O–H groups in total. The van der Waals surface area contributed by atoms with Gasteiger partial charge in [-0.05, 0) is 51.4 Å². The quantitative estimate of drug-likeness (QED) is 0.543. The van der Waals surface area contributed by atoms with E-state index in [4.69, 9.17) is 4.74 Å². The van der Waals surface area contributed by atoms with Crippen molar-refractivity contribution in [1.29, 1.82) is 0 Å². The summed E-state index contributed by atoms with van der Waals surface area (Å²) in [6.07, 6.45) is 1.66. The van der Waals surface area contributed by atoms with Gasteiger partial charge in [0, 0.05) is 25.7 Å². The van der Waals surface area contributed by atoms with Gasteiger partial charge in [0.15, 0.2) is 0 Å². The summed E-state index contributed by atoms with van der Waals surface area (Å²) in [5, 5.41) is 15.3. The summed E-state index contributed by atoms with van der Waals surface area (Å²) in [6.45, 7) is 14.4. The van der Waals surface area contributed by atoms with Crippen molar-refractivity contribution in [3.05, 3.63) is 0 Å². The lowest BCUT2D eigenvalue weighted by Gasteiger charge is -2.38. The third kappa shape index (κ3) is 3.83. The molecule has 3 unspecified atom stereocenters. The average Bonchev–Trinajstić information content (AvgIpc) is 3.14. The van der Waals surface area contributed by atoms with E-state index in [1.165, 1.54) is 0 Å².